The number of halogens is 3. The van der Waals surface area contributed by atoms with E-state index >= 15 is 0 Å². The van der Waals surface area contributed by atoms with Crippen molar-refractivity contribution in [3.8, 4) is 11.4 Å². The summed E-state index contributed by atoms with van der Waals surface area (Å²) in [6.45, 7) is 4.22. The third kappa shape index (κ3) is 3.41. The van der Waals surface area contributed by atoms with Crippen LogP contribution in [0.1, 0.15) is 45.8 Å². The number of thiazole rings is 1. The molecule has 5 rings (SSSR count). The van der Waals surface area contributed by atoms with Crippen LogP contribution in [0.15, 0.2) is 23.7 Å². The van der Waals surface area contributed by atoms with E-state index in [1.807, 2.05) is 26.0 Å². The molecule has 0 spiro atoms. The van der Waals surface area contributed by atoms with Gasteiger partial charge in [0.15, 0.2) is 0 Å². The minimum Gasteiger partial charge on any atom is -0.330 e. The lowest BCUT2D eigenvalue weighted by Crippen LogP contribution is -2.39. The van der Waals surface area contributed by atoms with E-state index in [0.29, 0.717) is 29.9 Å². The summed E-state index contributed by atoms with van der Waals surface area (Å²) < 4.78 is 43.2. The van der Waals surface area contributed by atoms with E-state index in [4.69, 9.17) is 0 Å². The van der Waals surface area contributed by atoms with E-state index < -0.39 is 11.9 Å². The maximum absolute atomic E-state index is 13.5. The van der Waals surface area contributed by atoms with Gasteiger partial charge in [-0.25, -0.2) is 4.98 Å². The monoisotopic (exact) mass is 474 g/mol. The zero-order chi connectivity index (χ0) is 23.7. The number of alkyl halides is 3. The first-order chi connectivity index (χ1) is 15.6. The summed E-state index contributed by atoms with van der Waals surface area (Å²) in [5.41, 5.74) is 5.57. The Balaban J connectivity index is 1.51. The average Bonchev–Trinajstić information content (AvgIpc) is 3.43. The molecule has 0 radical (unpaired) electrons. The molecule has 1 amide bonds. The van der Waals surface area contributed by atoms with Crippen LogP contribution in [0.5, 0.6) is 0 Å². The molecule has 0 aliphatic carbocycles. The first-order valence-electron chi connectivity index (χ1n) is 10.4. The van der Waals surface area contributed by atoms with Gasteiger partial charge in [0.05, 0.1) is 33.2 Å². The van der Waals surface area contributed by atoms with Crippen molar-refractivity contribution < 1.29 is 18.0 Å². The summed E-state index contributed by atoms with van der Waals surface area (Å²) in [5, 5.41) is 8.69. The van der Waals surface area contributed by atoms with Crippen LogP contribution < -0.4 is 0 Å². The molecule has 1 aliphatic rings. The van der Waals surface area contributed by atoms with Crippen molar-refractivity contribution in [3.63, 3.8) is 0 Å². The molecule has 7 nitrogen and oxygen atoms in total. The quantitative estimate of drug-likeness (QED) is 0.429. The predicted molar refractivity (Wildman–Crippen MR) is 118 cm³/mol. The van der Waals surface area contributed by atoms with Crippen LogP contribution in [0, 0.1) is 6.92 Å². The van der Waals surface area contributed by atoms with Crippen LogP contribution in [0.3, 0.4) is 0 Å². The summed E-state index contributed by atoms with van der Waals surface area (Å²) in [7, 11) is 2.97. The molecule has 4 heterocycles. The highest BCUT2D eigenvalue weighted by atomic mass is 32.1. The fourth-order valence-electron chi connectivity index (χ4n) is 4.58. The van der Waals surface area contributed by atoms with Gasteiger partial charge in [-0.3, -0.25) is 14.2 Å². The molecule has 1 atom stereocenters. The average molecular weight is 475 g/mol. The van der Waals surface area contributed by atoms with Gasteiger partial charge in [0, 0.05) is 31.8 Å². The normalized spacial score (nSPS) is 16.5. The molecule has 0 bridgehead atoms. The Bertz CT molecular complexity index is 1400. The van der Waals surface area contributed by atoms with Gasteiger partial charge in [0.1, 0.15) is 11.4 Å². The lowest BCUT2D eigenvalue weighted by molar-refractivity contribution is -0.143. The minimum absolute atomic E-state index is 0.0923. The molecule has 0 fully saturated rings. The van der Waals surface area contributed by atoms with Crippen LogP contribution in [-0.4, -0.2) is 41.9 Å². The predicted octanol–water partition coefficient (Wildman–Crippen LogP) is 4.52. The number of rotatable bonds is 2. The van der Waals surface area contributed by atoms with Gasteiger partial charge in [-0.1, -0.05) is 0 Å². The number of fused-ring (bicyclic) bond motifs is 2. The van der Waals surface area contributed by atoms with E-state index in [0.717, 1.165) is 32.1 Å². The lowest BCUT2D eigenvalue weighted by atomic mass is 9.96. The Morgan fingerprint density at radius 1 is 1.15 bits per heavy atom. The van der Waals surface area contributed by atoms with Gasteiger partial charge in [0.25, 0.3) is 5.91 Å². The van der Waals surface area contributed by atoms with Gasteiger partial charge in [0.2, 0.25) is 0 Å². The van der Waals surface area contributed by atoms with Crippen molar-refractivity contribution in [2.45, 2.75) is 32.5 Å². The molecular formula is C22H21F3N6OS. The zero-order valence-corrected chi connectivity index (χ0v) is 19.3. The summed E-state index contributed by atoms with van der Waals surface area (Å²) in [5.74, 6) is -0.0923. The Hall–Kier alpha value is -3.21. The third-order valence-electron chi connectivity index (χ3n) is 6.22. The third-order valence-corrected chi connectivity index (χ3v) is 7.02. The van der Waals surface area contributed by atoms with Crippen molar-refractivity contribution >= 4 is 27.5 Å². The van der Waals surface area contributed by atoms with Crippen molar-refractivity contribution in [1.82, 2.24) is 29.4 Å². The molecule has 4 aromatic rings. The molecule has 33 heavy (non-hydrogen) atoms. The highest BCUT2D eigenvalue weighted by molar-refractivity contribution is 7.16. The zero-order valence-electron chi connectivity index (χ0n) is 18.4. The molecule has 0 N–H and O–H groups in total. The molecule has 1 unspecified atom stereocenters. The number of aryl methyl sites for hydroxylation is 3. The van der Waals surface area contributed by atoms with Gasteiger partial charge < -0.3 is 4.90 Å². The van der Waals surface area contributed by atoms with Gasteiger partial charge >= 0.3 is 6.18 Å². The number of aromatic nitrogens is 5. The molecule has 11 heteroatoms. The van der Waals surface area contributed by atoms with Crippen molar-refractivity contribution in [1.29, 1.82) is 0 Å². The summed E-state index contributed by atoms with van der Waals surface area (Å²) in [6.07, 6.45) is -4.01. The van der Waals surface area contributed by atoms with Gasteiger partial charge in [-0.15, -0.1) is 11.3 Å². The van der Waals surface area contributed by atoms with Crippen LogP contribution in [0.2, 0.25) is 0 Å². The highest BCUT2D eigenvalue weighted by Gasteiger charge is 2.38. The van der Waals surface area contributed by atoms with E-state index in [1.54, 1.807) is 22.1 Å². The van der Waals surface area contributed by atoms with Crippen molar-refractivity contribution in [2.75, 3.05) is 6.54 Å². The molecule has 3 aromatic heterocycles. The van der Waals surface area contributed by atoms with Crippen molar-refractivity contribution in [3.05, 3.63) is 51.8 Å². The van der Waals surface area contributed by atoms with Crippen LogP contribution >= 0.6 is 11.3 Å². The summed E-state index contributed by atoms with van der Waals surface area (Å²) in [6, 6.07) is 4.51. The maximum atomic E-state index is 13.5. The second-order valence-electron chi connectivity index (χ2n) is 8.28. The highest BCUT2D eigenvalue weighted by Crippen LogP contribution is 2.38. The fourth-order valence-corrected chi connectivity index (χ4v) is 5.28. The molecule has 0 saturated heterocycles. The maximum Gasteiger partial charge on any atom is 0.433 e. The van der Waals surface area contributed by atoms with Crippen molar-refractivity contribution in [2.24, 2.45) is 14.1 Å². The number of nitrogens with zero attached hydrogens (tertiary/aromatic N) is 6. The van der Waals surface area contributed by atoms with E-state index in [1.165, 1.54) is 18.4 Å². The number of hydrogen-bond donors (Lipinski definition) is 0. The Morgan fingerprint density at radius 2 is 1.91 bits per heavy atom. The molecule has 172 valence electrons. The molecule has 0 saturated carbocycles. The lowest BCUT2D eigenvalue weighted by Gasteiger charge is -2.33. The number of amides is 1. The van der Waals surface area contributed by atoms with E-state index in [9.17, 15) is 18.0 Å². The number of carbonyl (C=O) groups is 1. The van der Waals surface area contributed by atoms with Crippen LogP contribution in [0.4, 0.5) is 13.2 Å². The number of benzene rings is 1. The smallest absolute Gasteiger partial charge is 0.330 e. The topological polar surface area (TPSA) is 68.8 Å². The Morgan fingerprint density at radius 3 is 2.61 bits per heavy atom. The Kier molecular flexibility index (Phi) is 4.85. The second kappa shape index (κ2) is 7.41. The second-order valence-corrected chi connectivity index (χ2v) is 9.17. The van der Waals surface area contributed by atoms with Gasteiger partial charge in [-0.2, -0.15) is 23.4 Å². The Labute approximate surface area is 191 Å². The van der Waals surface area contributed by atoms with Crippen LogP contribution in [0.25, 0.3) is 21.6 Å². The largest absolute Gasteiger partial charge is 0.433 e. The van der Waals surface area contributed by atoms with E-state index in [2.05, 4.69) is 15.2 Å². The summed E-state index contributed by atoms with van der Waals surface area (Å²) in [4.78, 5) is 19.5. The number of hydrogen-bond acceptors (Lipinski definition) is 5. The molecule has 1 aliphatic heterocycles. The van der Waals surface area contributed by atoms with E-state index in [-0.39, 0.29) is 17.6 Å². The first kappa shape index (κ1) is 21.6. The SMILES string of the molecule is Cc1cc2ncsc2cc1C(=O)N1CCc2c(nn(C)c2-c2cc(C(F)(F)F)n(C)n2)C1C. The molecular weight excluding hydrogens is 453 g/mol. The number of carbonyl (C=O) groups excluding carboxylic acids is 1. The minimum atomic E-state index is -4.49. The van der Waals surface area contributed by atoms with Crippen LogP contribution in [-0.2, 0) is 26.7 Å². The standard InChI is InChI=1S/C22H21F3N6OS/c1-11-7-15-17(33-10-26-15)8-14(11)21(32)31-6-5-13-19(12(31)2)28-30(4)20(13)16-9-18(22(23,24)25)29(3)27-16/h7-10,12H,5-6H2,1-4H3. The first-order valence-corrected chi connectivity index (χ1v) is 11.3. The van der Waals surface area contributed by atoms with Gasteiger partial charge in [-0.05, 0) is 44.0 Å². The fraction of sp³-hybridized carbons (Fsp3) is 0.364. The molecule has 1 aromatic carbocycles. The summed E-state index contributed by atoms with van der Waals surface area (Å²) >= 11 is 1.48.